The van der Waals surface area contributed by atoms with Crippen LogP contribution < -0.4 is 0 Å². The van der Waals surface area contributed by atoms with Gasteiger partial charge in [0, 0.05) is 19.6 Å². The van der Waals surface area contributed by atoms with Gasteiger partial charge in [0.05, 0.1) is 6.10 Å². The molecule has 0 fully saturated rings. The zero-order valence-corrected chi connectivity index (χ0v) is 14.9. The number of benzene rings is 2. The summed E-state index contributed by atoms with van der Waals surface area (Å²) in [6, 6.07) is 19.6. The third kappa shape index (κ3) is 3.88. The van der Waals surface area contributed by atoms with Gasteiger partial charge < -0.3 is 4.74 Å². The monoisotopic (exact) mass is 323 g/mol. The van der Waals surface area contributed by atoms with E-state index in [9.17, 15) is 0 Å². The molecule has 0 N–H and O–H groups in total. The largest absolute Gasteiger partial charge is 0.376 e. The van der Waals surface area contributed by atoms with Crippen molar-refractivity contribution in [2.75, 3.05) is 20.2 Å². The highest BCUT2D eigenvalue weighted by Gasteiger charge is 2.29. The molecule has 1 heterocycles. The van der Waals surface area contributed by atoms with Gasteiger partial charge in [0.1, 0.15) is 0 Å². The average molecular weight is 323 g/mol. The molecule has 0 bridgehead atoms. The molecule has 0 aliphatic carbocycles. The lowest BCUT2D eigenvalue weighted by atomic mass is 9.85. The summed E-state index contributed by atoms with van der Waals surface area (Å²) in [6.07, 6.45) is 3.80. The average Bonchev–Trinajstić information content (AvgIpc) is 2.81. The molecular weight excluding hydrogens is 294 g/mol. The molecule has 128 valence electrons. The molecule has 0 saturated carbocycles. The maximum Gasteiger partial charge on any atom is 0.0890 e. The summed E-state index contributed by atoms with van der Waals surface area (Å²) < 4.78 is 5.99. The molecule has 2 heteroatoms. The van der Waals surface area contributed by atoms with E-state index in [4.69, 9.17) is 4.74 Å². The van der Waals surface area contributed by atoms with Crippen LogP contribution in [0.2, 0.25) is 0 Å². The van der Waals surface area contributed by atoms with Gasteiger partial charge in [-0.1, -0.05) is 67.9 Å². The molecule has 0 spiro atoms. The smallest absolute Gasteiger partial charge is 0.0890 e. The number of rotatable bonds is 6. The van der Waals surface area contributed by atoms with Crippen molar-refractivity contribution in [2.24, 2.45) is 0 Å². The highest BCUT2D eigenvalue weighted by Crippen LogP contribution is 2.39. The van der Waals surface area contributed by atoms with Crippen molar-refractivity contribution in [3.05, 3.63) is 71.3 Å². The highest BCUT2D eigenvalue weighted by molar-refractivity contribution is 5.34. The molecule has 0 amide bonds. The number of ether oxygens (including phenoxy) is 1. The SMILES string of the molecule is CCCCN1CC[C@H]([C@H](OC)c2ccccc2)c2ccccc2C1. The van der Waals surface area contributed by atoms with E-state index in [0.717, 1.165) is 19.5 Å². The minimum Gasteiger partial charge on any atom is -0.376 e. The molecule has 1 aliphatic heterocycles. The fourth-order valence-corrected chi connectivity index (χ4v) is 3.90. The van der Waals surface area contributed by atoms with Crippen LogP contribution in [0.5, 0.6) is 0 Å². The van der Waals surface area contributed by atoms with E-state index in [2.05, 4.69) is 66.4 Å². The van der Waals surface area contributed by atoms with Crippen molar-refractivity contribution in [3.8, 4) is 0 Å². The highest BCUT2D eigenvalue weighted by atomic mass is 16.5. The Balaban J connectivity index is 1.90. The third-order valence-electron chi connectivity index (χ3n) is 5.18. The number of hydrogen-bond acceptors (Lipinski definition) is 2. The van der Waals surface area contributed by atoms with E-state index in [1.165, 1.54) is 36.1 Å². The molecule has 2 aromatic carbocycles. The summed E-state index contributed by atoms with van der Waals surface area (Å²) in [7, 11) is 1.85. The fourth-order valence-electron chi connectivity index (χ4n) is 3.90. The Morgan fingerprint density at radius 2 is 1.83 bits per heavy atom. The molecule has 0 saturated heterocycles. The van der Waals surface area contributed by atoms with E-state index < -0.39 is 0 Å². The summed E-state index contributed by atoms with van der Waals surface area (Å²) in [4.78, 5) is 2.61. The zero-order chi connectivity index (χ0) is 16.8. The van der Waals surface area contributed by atoms with E-state index in [1.807, 2.05) is 7.11 Å². The Hall–Kier alpha value is -1.64. The molecule has 1 aliphatic rings. The summed E-state index contributed by atoms with van der Waals surface area (Å²) >= 11 is 0. The van der Waals surface area contributed by atoms with Gasteiger partial charge in [-0.25, -0.2) is 0 Å². The lowest BCUT2D eigenvalue weighted by Gasteiger charge is -2.27. The first kappa shape index (κ1) is 17.2. The topological polar surface area (TPSA) is 12.5 Å². The van der Waals surface area contributed by atoms with Crippen LogP contribution in [0.4, 0.5) is 0 Å². The third-order valence-corrected chi connectivity index (χ3v) is 5.18. The Labute approximate surface area is 146 Å². The lowest BCUT2D eigenvalue weighted by molar-refractivity contribution is 0.0735. The van der Waals surface area contributed by atoms with Gasteiger partial charge in [0.25, 0.3) is 0 Å². The number of fused-ring (bicyclic) bond motifs is 1. The van der Waals surface area contributed by atoms with Crippen LogP contribution in [0.25, 0.3) is 0 Å². The first-order valence-electron chi connectivity index (χ1n) is 9.21. The second-order valence-corrected chi connectivity index (χ2v) is 6.79. The first-order valence-corrected chi connectivity index (χ1v) is 9.21. The van der Waals surface area contributed by atoms with Crippen LogP contribution in [-0.2, 0) is 11.3 Å². The van der Waals surface area contributed by atoms with E-state index in [-0.39, 0.29) is 6.10 Å². The van der Waals surface area contributed by atoms with Crippen LogP contribution in [0.1, 0.15) is 54.9 Å². The summed E-state index contributed by atoms with van der Waals surface area (Å²) in [5.41, 5.74) is 4.21. The standard InChI is InChI=1S/C22H29NO/c1-3-4-15-23-16-14-21(20-13-9-8-12-19(20)17-23)22(24-2)18-10-6-5-7-11-18/h5-13,21-22H,3-4,14-17H2,1-2H3/t21-,22+/m0/s1. The first-order chi connectivity index (χ1) is 11.8. The fraction of sp³-hybridized carbons (Fsp3) is 0.455. The van der Waals surface area contributed by atoms with E-state index in [0.29, 0.717) is 5.92 Å². The number of hydrogen-bond donors (Lipinski definition) is 0. The van der Waals surface area contributed by atoms with Crippen molar-refractivity contribution in [1.29, 1.82) is 0 Å². The maximum atomic E-state index is 5.99. The Morgan fingerprint density at radius 1 is 1.08 bits per heavy atom. The maximum absolute atomic E-state index is 5.99. The molecule has 0 aromatic heterocycles. The Bertz CT molecular complexity index is 625. The molecule has 24 heavy (non-hydrogen) atoms. The molecule has 3 rings (SSSR count). The predicted octanol–water partition coefficient (Wildman–Crippen LogP) is 5.16. The normalized spacial score (nSPS) is 19.5. The van der Waals surface area contributed by atoms with Gasteiger partial charge in [0.15, 0.2) is 0 Å². The molecule has 2 atom stereocenters. The van der Waals surface area contributed by atoms with Crippen molar-refractivity contribution in [2.45, 2.75) is 44.8 Å². The van der Waals surface area contributed by atoms with E-state index in [1.54, 1.807) is 0 Å². The minimum absolute atomic E-state index is 0.124. The van der Waals surface area contributed by atoms with Gasteiger partial charge >= 0.3 is 0 Å². The van der Waals surface area contributed by atoms with Gasteiger partial charge in [-0.2, -0.15) is 0 Å². The second-order valence-electron chi connectivity index (χ2n) is 6.79. The number of nitrogens with zero attached hydrogens (tertiary/aromatic N) is 1. The van der Waals surface area contributed by atoms with Gasteiger partial charge in [0.2, 0.25) is 0 Å². The molecule has 2 aromatic rings. The lowest BCUT2D eigenvalue weighted by Crippen LogP contribution is -2.25. The zero-order valence-electron chi connectivity index (χ0n) is 14.9. The summed E-state index contributed by atoms with van der Waals surface area (Å²) in [5, 5.41) is 0. The van der Waals surface area contributed by atoms with E-state index >= 15 is 0 Å². The van der Waals surface area contributed by atoms with Crippen LogP contribution in [0, 0.1) is 0 Å². The molecular formula is C22H29NO. The Kier molecular flexibility index (Phi) is 6.06. The van der Waals surface area contributed by atoms with Crippen LogP contribution in [0.15, 0.2) is 54.6 Å². The van der Waals surface area contributed by atoms with Gasteiger partial charge in [-0.05, 0) is 42.6 Å². The molecule has 2 nitrogen and oxygen atoms in total. The predicted molar refractivity (Wildman–Crippen MR) is 100 cm³/mol. The van der Waals surface area contributed by atoms with Crippen molar-refractivity contribution < 1.29 is 4.74 Å². The summed E-state index contributed by atoms with van der Waals surface area (Å²) in [6.45, 7) is 5.68. The van der Waals surface area contributed by atoms with Gasteiger partial charge in [-0.15, -0.1) is 0 Å². The molecule has 0 unspecified atom stereocenters. The quantitative estimate of drug-likeness (QED) is 0.727. The molecule has 0 radical (unpaired) electrons. The number of unbranched alkanes of at least 4 members (excludes halogenated alkanes) is 1. The second kappa shape index (κ2) is 8.46. The van der Waals surface area contributed by atoms with Crippen molar-refractivity contribution in [1.82, 2.24) is 4.90 Å². The van der Waals surface area contributed by atoms with Gasteiger partial charge in [-0.3, -0.25) is 4.90 Å². The number of methoxy groups -OCH3 is 1. The Morgan fingerprint density at radius 3 is 2.58 bits per heavy atom. The van der Waals surface area contributed by atoms with Crippen LogP contribution >= 0.6 is 0 Å². The summed E-state index contributed by atoms with van der Waals surface area (Å²) in [5.74, 6) is 0.417. The minimum atomic E-state index is 0.124. The van der Waals surface area contributed by atoms with Crippen LogP contribution in [-0.4, -0.2) is 25.1 Å². The van der Waals surface area contributed by atoms with Crippen molar-refractivity contribution in [3.63, 3.8) is 0 Å². The van der Waals surface area contributed by atoms with Crippen LogP contribution in [0.3, 0.4) is 0 Å². The van der Waals surface area contributed by atoms with Crippen molar-refractivity contribution >= 4 is 0 Å².